The topological polar surface area (TPSA) is 109 Å². The molecule has 3 aromatic rings. The first-order chi connectivity index (χ1) is 20.7. The van der Waals surface area contributed by atoms with Crippen LogP contribution < -0.4 is 4.31 Å². The van der Waals surface area contributed by atoms with Crippen molar-refractivity contribution in [3.63, 3.8) is 0 Å². The molecule has 1 fully saturated rings. The van der Waals surface area contributed by atoms with Gasteiger partial charge in [0, 0.05) is 42.9 Å². The van der Waals surface area contributed by atoms with Crippen molar-refractivity contribution in [2.24, 2.45) is 0 Å². The molecular formula is C29H30ClF3N6O4S. The minimum absolute atomic E-state index is 0.00981. The molecule has 1 aromatic carbocycles. The van der Waals surface area contributed by atoms with Gasteiger partial charge in [-0.25, -0.2) is 13.4 Å². The van der Waals surface area contributed by atoms with E-state index in [1.807, 2.05) is 13.8 Å². The van der Waals surface area contributed by atoms with E-state index in [4.69, 9.17) is 16.7 Å². The van der Waals surface area contributed by atoms with Crippen molar-refractivity contribution >= 4 is 39.3 Å². The predicted molar refractivity (Wildman–Crippen MR) is 156 cm³/mol. The SMILES string of the molecule is CC(c1ccc(N2CCCS2(=O)=O)nc1)N1C[C@@H](C)n2nc3c(c2C1=O)CN(C(=O)c1ccc(Cl)c(C(F)(F)F)c1)[C@H](C)C3. The molecular weight excluding hydrogens is 621 g/mol. The van der Waals surface area contributed by atoms with E-state index in [1.54, 1.807) is 34.8 Å². The Morgan fingerprint density at radius 3 is 2.52 bits per heavy atom. The summed E-state index contributed by atoms with van der Waals surface area (Å²) in [6.07, 6.45) is -2.27. The summed E-state index contributed by atoms with van der Waals surface area (Å²) >= 11 is 5.77. The zero-order valence-electron chi connectivity index (χ0n) is 24.2. The minimum Gasteiger partial charge on any atom is -0.331 e. The molecule has 2 amide bonds. The average molecular weight is 651 g/mol. The minimum atomic E-state index is -4.72. The summed E-state index contributed by atoms with van der Waals surface area (Å²) in [5, 5.41) is 4.23. The summed E-state index contributed by atoms with van der Waals surface area (Å²) in [5.41, 5.74) is 1.08. The first-order valence-corrected chi connectivity index (χ1v) is 16.2. The van der Waals surface area contributed by atoms with Crippen molar-refractivity contribution in [1.29, 1.82) is 0 Å². The lowest BCUT2D eigenvalue weighted by molar-refractivity contribution is -0.137. The van der Waals surface area contributed by atoms with Gasteiger partial charge < -0.3 is 9.80 Å². The Hall–Kier alpha value is -3.65. The van der Waals surface area contributed by atoms with Gasteiger partial charge in [-0.05, 0) is 57.0 Å². The summed E-state index contributed by atoms with van der Waals surface area (Å²) in [6.45, 7) is 6.34. The van der Waals surface area contributed by atoms with E-state index in [0.717, 1.165) is 17.7 Å². The molecule has 0 aliphatic carbocycles. The molecule has 2 aromatic heterocycles. The number of carbonyl (C=O) groups is 2. The lowest BCUT2D eigenvalue weighted by Crippen LogP contribution is -2.45. The van der Waals surface area contributed by atoms with Gasteiger partial charge in [0.05, 0.1) is 40.7 Å². The first kappa shape index (κ1) is 30.4. The Morgan fingerprint density at radius 1 is 1.14 bits per heavy atom. The fourth-order valence-electron chi connectivity index (χ4n) is 6.20. The number of alkyl halides is 3. The van der Waals surface area contributed by atoms with Gasteiger partial charge in [0.15, 0.2) is 0 Å². The molecule has 3 aliphatic heterocycles. The van der Waals surface area contributed by atoms with Gasteiger partial charge in [0.25, 0.3) is 11.8 Å². The number of carbonyl (C=O) groups excluding carboxylic acids is 2. The van der Waals surface area contributed by atoms with Crippen molar-refractivity contribution in [1.82, 2.24) is 24.6 Å². The van der Waals surface area contributed by atoms with Crippen LogP contribution in [0.25, 0.3) is 0 Å². The Morgan fingerprint density at radius 2 is 1.89 bits per heavy atom. The third kappa shape index (κ3) is 5.11. The molecule has 3 aliphatic rings. The molecule has 0 bridgehead atoms. The van der Waals surface area contributed by atoms with Crippen LogP contribution in [0.1, 0.15) is 82.5 Å². The zero-order chi connectivity index (χ0) is 31.7. The maximum absolute atomic E-state index is 14.0. The van der Waals surface area contributed by atoms with Crippen molar-refractivity contribution in [3.8, 4) is 0 Å². The number of hydrogen-bond acceptors (Lipinski definition) is 6. The fourth-order valence-corrected chi connectivity index (χ4v) is 7.94. The Balaban J connectivity index is 1.27. The number of rotatable bonds is 4. The summed E-state index contributed by atoms with van der Waals surface area (Å²) in [5.74, 6) is -0.464. The number of aromatic nitrogens is 3. The summed E-state index contributed by atoms with van der Waals surface area (Å²) < 4.78 is 68.0. The normalized spacial score (nSPS) is 22.2. The second-order valence-corrected chi connectivity index (χ2v) is 14.0. The van der Waals surface area contributed by atoms with Gasteiger partial charge in [-0.3, -0.25) is 18.6 Å². The molecule has 5 heterocycles. The average Bonchev–Trinajstić information content (AvgIpc) is 3.52. The second kappa shape index (κ2) is 10.8. The molecule has 10 nitrogen and oxygen atoms in total. The number of hydrogen-bond donors (Lipinski definition) is 0. The van der Waals surface area contributed by atoms with Crippen LogP contribution in [0.15, 0.2) is 36.5 Å². The quantitative estimate of drug-likeness (QED) is 0.399. The molecule has 0 saturated carbocycles. The summed E-state index contributed by atoms with van der Waals surface area (Å²) in [6, 6.07) is 5.53. The number of amides is 2. The van der Waals surface area contributed by atoms with Gasteiger partial charge in [0.2, 0.25) is 10.0 Å². The number of benzene rings is 1. The molecule has 1 unspecified atom stereocenters. The molecule has 234 valence electrons. The van der Waals surface area contributed by atoms with Gasteiger partial charge in [-0.15, -0.1) is 0 Å². The van der Waals surface area contributed by atoms with Crippen molar-refractivity contribution < 1.29 is 31.2 Å². The predicted octanol–water partition coefficient (Wildman–Crippen LogP) is 4.86. The number of sulfonamides is 1. The van der Waals surface area contributed by atoms with Crippen LogP contribution in [0.4, 0.5) is 19.0 Å². The van der Waals surface area contributed by atoms with Crippen LogP contribution >= 0.6 is 11.6 Å². The van der Waals surface area contributed by atoms with E-state index in [0.29, 0.717) is 48.7 Å². The molecule has 1 saturated heterocycles. The number of nitrogens with zero attached hydrogens (tertiary/aromatic N) is 6. The largest absolute Gasteiger partial charge is 0.417 e. The summed E-state index contributed by atoms with van der Waals surface area (Å²) in [4.78, 5) is 35.1. The monoisotopic (exact) mass is 650 g/mol. The Labute approximate surface area is 257 Å². The molecule has 3 atom stereocenters. The van der Waals surface area contributed by atoms with Crippen LogP contribution in [0.5, 0.6) is 0 Å². The molecule has 0 radical (unpaired) electrons. The van der Waals surface area contributed by atoms with Gasteiger partial charge in [-0.1, -0.05) is 17.7 Å². The number of fused-ring (bicyclic) bond motifs is 3. The van der Waals surface area contributed by atoms with Crippen molar-refractivity contribution in [3.05, 3.63) is 75.2 Å². The van der Waals surface area contributed by atoms with E-state index in [9.17, 15) is 31.2 Å². The highest BCUT2D eigenvalue weighted by atomic mass is 35.5. The van der Waals surface area contributed by atoms with E-state index in [-0.39, 0.29) is 35.9 Å². The lowest BCUT2D eigenvalue weighted by Gasteiger charge is -2.37. The summed E-state index contributed by atoms with van der Waals surface area (Å²) in [7, 11) is -3.38. The highest BCUT2D eigenvalue weighted by molar-refractivity contribution is 7.93. The van der Waals surface area contributed by atoms with Gasteiger partial charge >= 0.3 is 6.18 Å². The lowest BCUT2D eigenvalue weighted by atomic mass is 9.96. The molecule has 0 N–H and O–H groups in total. The number of halogens is 4. The molecule has 0 spiro atoms. The second-order valence-electron chi connectivity index (χ2n) is 11.6. The third-order valence-electron chi connectivity index (χ3n) is 8.64. The van der Waals surface area contributed by atoms with Crippen LogP contribution in [0, 0.1) is 0 Å². The zero-order valence-corrected chi connectivity index (χ0v) is 25.7. The molecule has 44 heavy (non-hydrogen) atoms. The first-order valence-electron chi connectivity index (χ1n) is 14.2. The maximum Gasteiger partial charge on any atom is 0.417 e. The van der Waals surface area contributed by atoms with E-state index < -0.39 is 38.7 Å². The van der Waals surface area contributed by atoms with E-state index in [1.165, 1.54) is 15.3 Å². The van der Waals surface area contributed by atoms with Gasteiger partial charge in [0.1, 0.15) is 11.5 Å². The maximum atomic E-state index is 14.0. The Bertz CT molecular complexity index is 1760. The van der Waals surface area contributed by atoms with Crippen LogP contribution in [0.3, 0.4) is 0 Å². The van der Waals surface area contributed by atoms with Crippen LogP contribution in [-0.2, 0) is 29.2 Å². The van der Waals surface area contributed by atoms with Crippen LogP contribution in [-0.4, -0.2) is 69.7 Å². The van der Waals surface area contributed by atoms with E-state index >= 15 is 0 Å². The smallest absolute Gasteiger partial charge is 0.331 e. The van der Waals surface area contributed by atoms with E-state index in [2.05, 4.69) is 4.98 Å². The van der Waals surface area contributed by atoms with Crippen LogP contribution in [0.2, 0.25) is 5.02 Å². The molecule has 15 heteroatoms. The third-order valence-corrected chi connectivity index (χ3v) is 10.8. The van der Waals surface area contributed by atoms with Crippen molar-refractivity contribution in [2.75, 3.05) is 23.1 Å². The highest BCUT2D eigenvalue weighted by Crippen LogP contribution is 2.38. The highest BCUT2D eigenvalue weighted by Gasteiger charge is 2.41. The fraction of sp³-hybridized carbons (Fsp3) is 0.448. The number of anilines is 1. The molecule has 6 rings (SSSR count). The number of pyridine rings is 1. The van der Waals surface area contributed by atoms with Gasteiger partial charge in [-0.2, -0.15) is 18.3 Å². The Kier molecular flexibility index (Phi) is 7.43. The van der Waals surface area contributed by atoms with Crippen molar-refractivity contribution in [2.45, 2.75) is 64.5 Å². The standard InChI is InChI=1S/C29H30ClF3N6O4S/c1-16-11-24-21(15-36(16)27(40)19-5-7-23(30)22(12-19)29(31,32)33)26-28(41)37(14-17(2)39(26)35-24)18(3)20-6-8-25(34-13-20)38-9-4-10-44(38,42)43/h5-8,12-13,16-18H,4,9-11,14-15H2,1-3H3/t16-,17-,18?/m1/s1.